The molecule has 5 N–H and O–H groups in total. The Kier molecular flexibility index (Phi) is 9.94. The van der Waals surface area contributed by atoms with E-state index in [2.05, 4.69) is 9.69 Å². The molecule has 0 aliphatic heterocycles. The van der Waals surface area contributed by atoms with E-state index in [1.807, 2.05) is 32.9 Å². The second-order valence-electron chi connectivity index (χ2n) is 9.48. The lowest BCUT2D eigenvalue weighted by molar-refractivity contribution is -0.122. The average molecular weight is 570 g/mol. The van der Waals surface area contributed by atoms with Crippen LogP contribution in [0.1, 0.15) is 57.6 Å². The summed E-state index contributed by atoms with van der Waals surface area (Å²) >= 11 is 0.738. The number of hydrogen-bond donors (Lipinski definition) is 3. The number of carbonyl (C=O) groups excluding carboxylic acids is 3. The van der Waals surface area contributed by atoms with E-state index in [0.717, 1.165) is 23.5 Å². The first-order chi connectivity index (χ1) is 19.0. The minimum absolute atomic E-state index is 0.0261. The fraction of sp³-hybridized carbons (Fsp3) is 0.357. The molecule has 40 heavy (non-hydrogen) atoms. The van der Waals surface area contributed by atoms with Gasteiger partial charge in [0.2, 0.25) is 11.7 Å². The molecule has 0 saturated carbocycles. The highest BCUT2D eigenvalue weighted by atomic mass is 32.1. The van der Waals surface area contributed by atoms with Gasteiger partial charge in [0.1, 0.15) is 10.9 Å². The van der Waals surface area contributed by atoms with E-state index < -0.39 is 23.8 Å². The normalized spacial score (nSPS) is 11.6. The summed E-state index contributed by atoms with van der Waals surface area (Å²) in [4.78, 5) is 41.3. The average Bonchev–Trinajstić information content (AvgIpc) is 3.32. The largest absolute Gasteiger partial charge is 0.493 e. The second kappa shape index (κ2) is 13.2. The Morgan fingerprint density at radius 1 is 1.02 bits per heavy atom. The molecule has 0 fully saturated rings. The van der Waals surface area contributed by atoms with Crippen molar-refractivity contribution in [2.75, 3.05) is 38.5 Å². The van der Waals surface area contributed by atoms with Crippen molar-refractivity contribution >= 4 is 40.6 Å². The van der Waals surface area contributed by atoms with Crippen LogP contribution in [0.25, 0.3) is 0 Å². The van der Waals surface area contributed by atoms with Gasteiger partial charge in [-0.15, -0.1) is 0 Å². The van der Waals surface area contributed by atoms with Crippen molar-refractivity contribution in [3.8, 4) is 17.2 Å². The summed E-state index contributed by atoms with van der Waals surface area (Å²) in [5.41, 5.74) is 13.0. The molecule has 3 rings (SSSR count). The summed E-state index contributed by atoms with van der Waals surface area (Å²) in [6.07, 6.45) is 0.732. The van der Waals surface area contributed by atoms with Crippen molar-refractivity contribution in [1.29, 1.82) is 0 Å². The van der Waals surface area contributed by atoms with Crippen LogP contribution < -0.4 is 35.9 Å². The number of nitrogens with zero attached hydrogens (tertiary/aromatic N) is 2. The van der Waals surface area contributed by atoms with Gasteiger partial charge in [0.05, 0.1) is 27.0 Å². The lowest BCUT2D eigenvalue weighted by Crippen LogP contribution is -2.44. The van der Waals surface area contributed by atoms with Gasteiger partial charge in [-0.25, -0.2) is 0 Å². The van der Waals surface area contributed by atoms with Crippen LogP contribution in [0.15, 0.2) is 36.4 Å². The van der Waals surface area contributed by atoms with Crippen molar-refractivity contribution in [3.05, 3.63) is 58.1 Å². The lowest BCUT2D eigenvalue weighted by atomic mass is 10.0. The number of aryl methyl sites for hydroxylation is 1. The van der Waals surface area contributed by atoms with Crippen molar-refractivity contribution in [3.63, 3.8) is 0 Å². The Labute approximate surface area is 237 Å². The molecule has 2 aromatic carbocycles. The zero-order valence-electron chi connectivity index (χ0n) is 23.4. The summed E-state index contributed by atoms with van der Waals surface area (Å²) in [6.45, 7) is 6.40. The standard InChI is InChI=1S/C28H35N5O6S/c1-15(2)11-12-31-27(35)23(17-13-19(37-4)24(39-6)20(14-17)38-5)33(18-9-7-16(3)8-10-18)28(36)25-21(29)22(26(30)34)32-40-25/h7-10,13-15,23H,11-12,29H2,1-6H3,(H2,30,34)(H,31,35). The zero-order chi connectivity index (χ0) is 29.6. The first-order valence-corrected chi connectivity index (χ1v) is 13.3. The van der Waals surface area contributed by atoms with Gasteiger partial charge in [-0.3, -0.25) is 19.3 Å². The Bertz CT molecular complexity index is 1350. The highest BCUT2D eigenvalue weighted by Gasteiger charge is 2.37. The summed E-state index contributed by atoms with van der Waals surface area (Å²) < 4.78 is 20.5. The van der Waals surface area contributed by atoms with E-state index in [9.17, 15) is 14.4 Å². The van der Waals surface area contributed by atoms with Crippen LogP contribution in [-0.2, 0) is 4.79 Å². The van der Waals surface area contributed by atoms with E-state index in [0.29, 0.717) is 41.0 Å². The minimum atomic E-state index is -1.20. The number of primary amides is 1. The van der Waals surface area contributed by atoms with E-state index in [1.165, 1.54) is 26.2 Å². The number of amides is 3. The molecule has 0 radical (unpaired) electrons. The molecule has 12 heteroatoms. The van der Waals surface area contributed by atoms with Crippen LogP contribution >= 0.6 is 11.5 Å². The number of nitrogen functional groups attached to an aromatic ring is 1. The number of methoxy groups -OCH3 is 3. The molecule has 0 aliphatic carbocycles. The van der Waals surface area contributed by atoms with Crippen molar-refractivity contribution in [1.82, 2.24) is 9.69 Å². The number of carbonyl (C=O) groups is 3. The van der Waals surface area contributed by atoms with Gasteiger partial charge in [-0.1, -0.05) is 31.5 Å². The number of nitrogens with two attached hydrogens (primary N) is 2. The fourth-order valence-electron chi connectivity index (χ4n) is 4.09. The van der Waals surface area contributed by atoms with Gasteiger partial charge in [0, 0.05) is 12.2 Å². The molecule has 1 aromatic heterocycles. The monoisotopic (exact) mass is 569 g/mol. The molecular weight excluding hydrogens is 534 g/mol. The highest BCUT2D eigenvalue weighted by Crippen LogP contribution is 2.42. The molecular formula is C28H35N5O6S. The fourth-order valence-corrected chi connectivity index (χ4v) is 4.83. The Morgan fingerprint density at radius 3 is 2.10 bits per heavy atom. The van der Waals surface area contributed by atoms with Crippen LogP contribution in [0, 0.1) is 12.8 Å². The Hall–Kier alpha value is -4.32. The van der Waals surface area contributed by atoms with Crippen LogP contribution in [0.2, 0.25) is 0 Å². The molecule has 0 spiro atoms. The number of rotatable bonds is 12. The molecule has 1 atom stereocenters. The van der Waals surface area contributed by atoms with Gasteiger partial charge in [0.15, 0.2) is 17.2 Å². The third-order valence-electron chi connectivity index (χ3n) is 6.22. The maximum Gasteiger partial charge on any atom is 0.273 e. The molecule has 1 heterocycles. The lowest BCUT2D eigenvalue weighted by Gasteiger charge is -2.32. The number of aromatic nitrogens is 1. The van der Waals surface area contributed by atoms with Crippen LogP contribution in [0.5, 0.6) is 17.2 Å². The third-order valence-corrected chi connectivity index (χ3v) is 7.07. The topological polar surface area (TPSA) is 159 Å². The van der Waals surface area contributed by atoms with Crippen LogP contribution in [0.4, 0.5) is 11.4 Å². The first kappa shape index (κ1) is 30.2. The van der Waals surface area contributed by atoms with E-state index in [-0.39, 0.29) is 16.3 Å². The van der Waals surface area contributed by atoms with Gasteiger partial charge >= 0.3 is 0 Å². The molecule has 214 valence electrons. The van der Waals surface area contributed by atoms with Crippen molar-refractivity contribution in [2.45, 2.75) is 33.2 Å². The molecule has 0 saturated heterocycles. The smallest absolute Gasteiger partial charge is 0.273 e. The molecule has 0 aliphatic rings. The van der Waals surface area contributed by atoms with Gasteiger partial charge in [-0.05, 0) is 60.6 Å². The summed E-state index contributed by atoms with van der Waals surface area (Å²) in [7, 11) is 4.40. The SMILES string of the molecule is COc1cc(C(C(=O)NCCC(C)C)N(C(=O)c2snc(C(N)=O)c2N)c2ccc(C)cc2)cc(OC)c1OC. The van der Waals surface area contributed by atoms with Crippen LogP contribution in [-0.4, -0.2) is 50.0 Å². The van der Waals surface area contributed by atoms with Gasteiger partial charge < -0.3 is 31.0 Å². The number of nitrogens with one attached hydrogen (secondary N) is 1. The molecule has 3 aromatic rings. The highest BCUT2D eigenvalue weighted by molar-refractivity contribution is 7.09. The third kappa shape index (κ3) is 6.45. The maximum atomic E-state index is 14.2. The van der Waals surface area contributed by atoms with E-state index >= 15 is 0 Å². The predicted molar refractivity (Wildman–Crippen MR) is 154 cm³/mol. The van der Waals surface area contributed by atoms with Gasteiger partial charge in [0.25, 0.3) is 11.8 Å². The van der Waals surface area contributed by atoms with Gasteiger partial charge in [-0.2, -0.15) is 4.37 Å². The maximum absolute atomic E-state index is 14.2. The minimum Gasteiger partial charge on any atom is -0.493 e. The number of hydrogen-bond acceptors (Lipinski definition) is 9. The summed E-state index contributed by atoms with van der Waals surface area (Å²) in [5, 5.41) is 2.96. The summed E-state index contributed by atoms with van der Waals surface area (Å²) in [5.74, 6) is -0.644. The molecule has 3 amide bonds. The predicted octanol–water partition coefficient (Wildman–Crippen LogP) is 3.71. The quantitative estimate of drug-likeness (QED) is 0.298. The number of ether oxygens (including phenoxy) is 3. The van der Waals surface area contributed by atoms with E-state index in [1.54, 1.807) is 24.3 Å². The molecule has 11 nitrogen and oxygen atoms in total. The van der Waals surface area contributed by atoms with E-state index in [4.69, 9.17) is 25.7 Å². The Morgan fingerprint density at radius 2 is 1.62 bits per heavy atom. The Balaban J connectivity index is 2.28. The number of anilines is 2. The molecule has 1 unspecified atom stereocenters. The summed E-state index contributed by atoms with van der Waals surface area (Å²) in [6, 6.07) is 9.14. The zero-order valence-corrected chi connectivity index (χ0v) is 24.3. The van der Waals surface area contributed by atoms with Crippen molar-refractivity contribution in [2.24, 2.45) is 11.7 Å². The van der Waals surface area contributed by atoms with Crippen LogP contribution in [0.3, 0.4) is 0 Å². The number of benzene rings is 2. The van der Waals surface area contributed by atoms with Crippen molar-refractivity contribution < 1.29 is 28.6 Å². The first-order valence-electron chi connectivity index (χ1n) is 12.6. The molecule has 0 bridgehead atoms. The second-order valence-corrected chi connectivity index (χ2v) is 10.3.